The van der Waals surface area contributed by atoms with E-state index in [-0.39, 0.29) is 61.2 Å². The Hall–Kier alpha value is -19.7. The van der Waals surface area contributed by atoms with Crippen molar-refractivity contribution in [3.05, 3.63) is 267 Å². The first-order valence-electron chi connectivity index (χ1n) is 42.4. The minimum atomic E-state index is -1.40. The number of para-hydroxylation sites is 3. The molecule has 0 aliphatic heterocycles. The van der Waals surface area contributed by atoms with Crippen molar-refractivity contribution in [3.63, 3.8) is 0 Å². The van der Waals surface area contributed by atoms with E-state index in [0.717, 1.165) is 0 Å². The molecule has 0 amide bonds. The van der Waals surface area contributed by atoms with Crippen LogP contribution in [-0.2, 0) is 0 Å². The second-order valence-corrected chi connectivity index (χ2v) is 33.3. The lowest BCUT2D eigenvalue weighted by molar-refractivity contribution is -0.106. The zero-order valence-corrected chi connectivity index (χ0v) is 70.2. The predicted molar refractivity (Wildman–Crippen MR) is 515 cm³/mol. The van der Waals surface area contributed by atoms with E-state index in [1.165, 1.54) is 42.5 Å². The van der Waals surface area contributed by atoms with Crippen LogP contribution < -0.4 is 19.6 Å². The first-order valence-corrected chi connectivity index (χ1v) is 42.4. The van der Waals surface area contributed by atoms with Crippen LogP contribution in [0.3, 0.4) is 0 Å². The topological polar surface area (TPSA) is 481 Å². The number of phenols is 20. The third-order valence-electron chi connectivity index (χ3n) is 26.1. The maximum Gasteiger partial charge on any atom is 0.266 e. The minimum Gasteiger partial charge on any atom is -0.504 e. The standard InChI is InChI=1S/C110H64O27/c111-87-75-69(47-20-5-2-6-21-47)76-81(71(78(75)89(113)101(125)99(87)123)50-33-38-66-60(42-50)56-25-11-14-28-63(56)131-66)95(119)107(103(127)91(76)115)134-136-109-97(121)83-73(52-35-40-68-62(44-52)58-27-13-16-30-65(58)133-68)84-86(74(85(83)93(117)105(109)129)59-37-36-53(46-18-3-1-4-19-46)54-23-9-10-24-55(54)59)94(118)106(130)110(98(84)122)137-135-108-96(120)82-72(51-34-39-67-61(43-51)57-26-12-15-29-64(57)132-67)79-77(88(112)100(124)102(126)90(79)114)70(80(82)92(116)104(108)128)49-32-31-45-17-7-8-22-48(45)41-49/h1-44,111-130H. The lowest BCUT2D eigenvalue weighted by Gasteiger charge is -2.25. The number of furan rings is 3. The summed E-state index contributed by atoms with van der Waals surface area (Å²) in [6, 6.07) is 73.2. The van der Waals surface area contributed by atoms with Gasteiger partial charge in [0.1, 0.15) is 33.5 Å². The van der Waals surface area contributed by atoms with Gasteiger partial charge in [-0.1, -0.05) is 206 Å². The molecular weight excluding hydrogens is 1750 g/mol. The molecule has 0 saturated heterocycles. The van der Waals surface area contributed by atoms with E-state index in [0.29, 0.717) is 92.9 Å². The van der Waals surface area contributed by atoms with Gasteiger partial charge in [0, 0.05) is 130 Å². The Labute approximate surface area is 765 Å². The average Bonchev–Trinajstić information content (AvgIpc) is 1.25. The molecule has 0 fully saturated rings. The number of hydrogen-bond acceptors (Lipinski definition) is 27. The van der Waals surface area contributed by atoms with Crippen molar-refractivity contribution < 1.29 is 135 Å². The van der Waals surface area contributed by atoms with Crippen molar-refractivity contribution in [2.75, 3.05) is 0 Å². The normalized spacial score (nSPS) is 11.9. The molecule has 27 nitrogen and oxygen atoms in total. The van der Waals surface area contributed by atoms with Crippen molar-refractivity contribution in [1.82, 2.24) is 0 Å². The first kappa shape index (κ1) is 80.6. The fraction of sp³-hybridized carbons (Fsp3) is 0. The molecule has 0 unspecified atom stereocenters. The molecule has 21 aromatic carbocycles. The average molecular weight is 1820 g/mol. The molecule has 0 atom stereocenters. The van der Waals surface area contributed by atoms with Crippen LogP contribution in [0.25, 0.3) is 230 Å². The van der Waals surface area contributed by atoms with Gasteiger partial charge in [-0.3, -0.25) is 19.6 Å². The Bertz CT molecular complexity index is 9510. The van der Waals surface area contributed by atoms with E-state index in [9.17, 15) is 102 Å². The summed E-state index contributed by atoms with van der Waals surface area (Å²) in [6.07, 6.45) is 0. The highest BCUT2D eigenvalue weighted by molar-refractivity contribution is 6.34. The molecule has 0 aliphatic rings. The Balaban J connectivity index is 0.774. The Morgan fingerprint density at radius 3 is 0.737 bits per heavy atom. The first-order chi connectivity index (χ1) is 66.4. The zero-order chi connectivity index (χ0) is 94.2. The van der Waals surface area contributed by atoms with Crippen LogP contribution in [0.15, 0.2) is 280 Å². The van der Waals surface area contributed by atoms with Gasteiger partial charge in [0.25, 0.3) is 23.0 Å². The van der Waals surface area contributed by atoms with Crippen LogP contribution in [0.5, 0.6) is 138 Å². The van der Waals surface area contributed by atoms with Crippen LogP contribution in [-0.4, -0.2) is 102 Å². The summed E-state index contributed by atoms with van der Waals surface area (Å²) in [4.78, 5) is 24.1. The summed E-state index contributed by atoms with van der Waals surface area (Å²) in [5, 5.41) is 254. The fourth-order valence-corrected chi connectivity index (χ4v) is 20.0. The number of rotatable bonds is 13. The molecule has 24 aromatic rings. The minimum absolute atomic E-state index is 0.0229. The number of fused-ring (bicyclic) bond motifs is 17. The number of phenolic OH excluding ortho intramolecular Hbond substituents is 20. The molecule has 0 aliphatic carbocycles. The highest BCUT2D eigenvalue weighted by Gasteiger charge is 2.41. The van der Waals surface area contributed by atoms with Crippen LogP contribution in [0.1, 0.15) is 0 Å². The van der Waals surface area contributed by atoms with Crippen LogP contribution >= 0.6 is 0 Å². The van der Waals surface area contributed by atoms with E-state index in [1.807, 2.05) is 30.3 Å². The molecular formula is C110H64O27. The molecule has 3 heterocycles. The molecule has 137 heavy (non-hydrogen) atoms. The zero-order valence-electron chi connectivity index (χ0n) is 70.2. The molecule has 0 spiro atoms. The lowest BCUT2D eigenvalue weighted by atomic mass is 9.81. The second kappa shape index (κ2) is 29.4. The maximum absolute atomic E-state index is 14.0. The quantitative estimate of drug-likeness (QED) is 0.0168. The summed E-state index contributed by atoms with van der Waals surface area (Å²) >= 11 is 0. The van der Waals surface area contributed by atoms with Gasteiger partial charge in [-0.2, -0.15) is 0 Å². The SMILES string of the molecule is Oc1c(O)c(O)c2c(-c3ccc4oc5ccccc5c4c3)c3c(O)c(OOc4c(O)c(O)c5c(-c6ccc(-c7ccccc7)c7ccccc67)c6c(O)c(O)c(OOc7c(O)c(O)c8c(-c9ccc%10ccccc%10c9)c9c(O)c(O)c(O)c(O)c9c(-c9ccc%10oc%11ccccc%11c%10c9)c8c7O)c(O)c6c(-c6ccc7oc8ccccc8c7c6)c5c4O)c(O)c(O)c3c(-c3ccccc3)c2c1O. The van der Waals surface area contributed by atoms with Gasteiger partial charge in [-0.05, 0) is 127 Å². The molecule has 666 valence electrons. The molecule has 0 bridgehead atoms. The summed E-state index contributed by atoms with van der Waals surface area (Å²) < 4.78 is 18.7. The third kappa shape index (κ3) is 11.3. The Morgan fingerprint density at radius 2 is 0.387 bits per heavy atom. The Kier molecular flexibility index (Phi) is 17.3. The molecule has 20 N–H and O–H groups in total. The van der Waals surface area contributed by atoms with Gasteiger partial charge in [0.05, 0.1) is 0 Å². The van der Waals surface area contributed by atoms with Crippen LogP contribution in [0, 0.1) is 0 Å². The summed E-state index contributed by atoms with van der Waals surface area (Å²) in [7, 11) is 0. The molecule has 24 rings (SSSR count). The third-order valence-corrected chi connectivity index (χ3v) is 26.1. The highest BCUT2D eigenvalue weighted by Crippen LogP contribution is 2.69. The lowest BCUT2D eigenvalue weighted by Crippen LogP contribution is -2.05. The van der Waals surface area contributed by atoms with Crippen molar-refractivity contribution in [2.24, 2.45) is 0 Å². The highest BCUT2D eigenvalue weighted by atomic mass is 17.2. The molecule has 3 aromatic heterocycles. The summed E-state index contributed by atoms with van der Waals surface area (Å²) in [5.41, 5.74) is 1.69. The van der Waals surface area contributed by atoms with E-state index >= 15 is 0 Å². The van der Waals surface area contributed by atoms with Gasteiger partial charge < -0.3 is 115 Å². The molecule has 0 saturated carbocycles. The Morgan fingerprint density at radius 1 is 0.146 bits per heavy atom. The van der Waals surface area contributed by atoms with Gasteiger partial charge in [-0.15, -0.1) is 0 Å². The van der Waals surface area contributed by atoms with E-state index in [4.69, 9.17) is 32.8 Å². The number of aromatic hydroxyl groups is 20. The monoisotopic (exact) mass is 1820 g/mol. The van der Waals surface area contributed by atoms with E-state index in [2.05, 4.69) is 0 Å². The van der Waals surface area contributed by atoms with Gasteiger partial charge >= 0.3 is 0 Å². The number of benzene rings is 21. The fourth-order valence-electron chi connectivity index (χ4n) is 20.0. The van der Waals surface area contributed by atoms with Crippen molar-refractivity contribution >= 4 is 152 Å². The van der Waals surface area contributed by atoms with Gasteiger partial charge in [0.15, 0.2) is 69.0 Å². The smallest absolute Gasteiger partial charge is 0.266 e. The summed E-state index contributed by atoms with van der Waals surface area (Å²) in [6.45, 7) is 0. The predicted octanol–water partition coefficient (Wildman–Crippen LogP) is 25.1. The maximum atomic E-state index is 14.0. The van der Waals surface area contributed by atoms with Crippen LogP contribution in [0.2, 0.25) is 0 Å². The van der Waals surface area contributed by atoms with E-state index < -0.39 is 214 Å². The van der Waals surface area contributed by atoms with Crippen molar-refractivity contribution in [2.45, 2.75) is 0 Å². The number of hydrogen-bond donors (Lipinski definition) is 20. The van der Waals surface area contributed by atoms with E-state index in [1.54, 1.807) is 194 Å². The van der Waals surface area contributed by atoms with Crippen molar-refractivity contribution in [3.8, 4) is 216 Å². The van der Waals surface area contributed by atoms with Crippen LogP contribution in [0.4, 0.5) is 0 Å². The molecule has 0 radical (unpaired) electrons. The van der Waals surface area contributed by atoms with Crippen molar-refractivity contribution in [1.29, 1.82) is 0 Å². The molecule has 27 heteroatoms. The van der Waals surface area contributed by atoms with Gasteiger partial charge in [-0.25, -0.2) is 0 Å². The summed E-state index contributed by atoms with van der Waals surface area (Å²) in [5.74, 6) is -29.3. The van der Waals surface area contributed by atoms with Gasteiger partial charge in [0.2, 0.25) is 46.0 Å². The largest absolute Gasteiger partial charge is 0.504 e. The second-order valence-electron chi connectivity index (χ2n) is 33.3.